The number of phenolic OH excluding ortho intramolecular Hbond substituents is 2. The van der Waals surface area contributed by atoms with Gasteiger partial charge in [0.2, 0.25) is 5.43 Å². The van der Waals surface area contributed by atoms with E-state index in [-0.39, 0.29) is 61.6 Å². The average molecular weight is 871 g/mol. The van der Waals surface area contributed by atoms with Crippen LogP contribution in [-0.4, -0.2) is 107 Å². The minimum atomic E-state index is -2.07. The lowest BCUT2D eigenvalue weighted by molar-refractivity contribution is -0.160. The van der Waals surface area contributed by atoms with Gasteiger partial charge in [0.1, 0.15) is 40.3 Å². The summed E-state index contributed by atoms with van der Waals surface area (Å²) in [6.45, 7) is 13.7. The number of allylic oxidation sites excluding steroid dienone is 2. The number of Topliss-reactive ketones (excluding diaryl/α,β-unsaturated/α-hetero) is 1. The van der Waals surface area contributed by atoms with Crippen molar-refractivity contribution in [2.45, 2.75) is 78.7 Å². The zero-order valence-corrected chi connectivity index (χ0v) is 36.4. The number of fused-ring (bicyclic) bond motifs is 2. The molecule has 7 rings (SSSR count). The SMILES string of the molecule is CO[C@H]1/C=C/O[C@@]2(C)Oc3cc(O)c4c(=O)c(c5oc6cc(N7CCNCC7)cc(O)c6nc-5c4c3C2=O)NC(=O)/C(C)=C\C=C\[C@H](C)[C@H](O)[C@@H](C)[C@@H](O)[C@@H](C)[C@H](OC(C)=O)[C@@H]1C. The first kappa shape index (κ1) is 45.0. The fourth-order valence-corrected chi connectivity index (χ4v) is 8.77. The standard InChI is InChI=1S/C46H54N4O13/c1-21-10-9-11-22(2)45(58)49-38-41(56)33-28(52)20-31-34(35(33)37-43(38)62-32-19-27(18-29(53)36(32)48-37)50-15-13-47-14-16-50)44(57)46(7,63-31)60-17-12-30(59-8)23(3)42(61-26(6)51)25(5)40(55)24(4)39(21)54/h9-12,17-21,23-25,30,39-40,42,47,52-55H,13-16H2,1-8H3,(H,49,58)/b10-9+,17-12+,22-11-/t21-,23+,24+,25+,30-,39-,40+,42+,46-/m0/s1. The number of amides is 1. The minimum absolute atomic E-state index is 0.0161. The van der Waals surface area contributed by atoms with Crippen LogP contribution in [0.15, 0.2) is 63.6 Å². The van der Waals surface area contributed by atoms with E-state index in [1.54, 1.807) is 52.0 Å². The number of hydrogen-bond donors (Lipinski definition) is 6. The first-order chi connectivity index (χ1) is 29.9. The Labute approximate surface area is 363 Å². The third kappa shape index (κ3) is 8.33. The second-order valence-electron chi connectivity index (χ2n) is 16.9. The fourth-order valence-electron chi connectivity index (χ4n) is 8.77. The van der Waals surface area contributed by atoms with Crippen LogP contribution in [0.3, 0.4) is 0 Å². The van der Waals surface area contributed by atoms with Crippen molar-refractivity contribution in [3.05, 3.63) is 70.1 Å². The Hall–Kier alpha value is -6.01. The van der Waals surface area contributed by atoms with Gasteiger partial charge in [0.15, 0.2) is 11.3 Å². The highest BCUT2D eigenvalue weighted by molar-refractivity contribution is 6.22. The van der Waals surface area contributed by atoms with Crippen molar-refractivity contribution in [3.63, 3.8) is 0 Å². The van der Waals surface area contributed by atoms with E-state index in [4.69, 9.17) is 28.3 Å². The number of hydrogen-bond acceptors (Lipinski definition) is 16. The van der Waals surface area contributed by atoms with Gasteiger partial charge < -0.3 is 59.3 Å². The molecule has 17 nitrogen and oxygen atoms in total. The van der Waals surface area contributed by atoms with Crippen molar-refractivity contribution >= 4 is 50.9 Å². The first-order valence-electron chi connectivity index (χ1n) is 21.0. The number of carbonyl (C=O) groups is 3. The third-order valence-corrected chi connectivity index (χ3v) is 12.5. The maximum Gasteiger partial charge on any atom is 0.312 e. The van der Waals surface area contributed by atoms with Crippen molar-refractivity contribution < 1.29 is 58.2 Å². The monoisotopic (exact) mass is 870 g/mol. The summed E-state index contributed by atoms with van der Waals surface area (Å²) >= 11 is 0. The zero-order chi connectivity index (χ0) is 45.7. The summed E-state index contributed by atoms with van der Waals surface area (Å²) in [6, 6.07) is 4.31. The number of aromatic nitrogens is 1. The summed E-state index contributed by atoms with van der Waals surface area (Å²) in [5.41, 5.74) is -0.767. The molecule has 0 radical (unpaired) electrons. The number of methoxy groups -OCH3 is 1. The molecule has 1 amide bonds. The van der Waals surface area contributed by atoms with Gasteiger partial charge in [-0.3, -0.25) is 19.2 Å². The Kier molecular flexibility index (Phi) is 12.6. The maximum absolute atomic E-state index is 14.6. The molecule has 0 saturated carbocycles. The smallest absolute Gasteiger partial charge is 0.312 e. The molecular weight excluding hydrogens is 817 g/mol. The number of nitrogens with one attached hydrogen (secondary N) is 2. The van der Waals surface area contributed by atoms with E-state index in [1.807, 2.05) is 4.90 Å². The largest absolute Gasteiger partial charge is 0.507 e. The van der Waals surface area contributed by atoms with Crippen LogP contribution in [0.2, 0.25) is 0 Å². The van der Waals surface area contributed by atoms with E-state index in [1.165, 1.54) is 46.3 Å². The molecule has 336 valence electrons. The van der Waals surface area contributed by atoms with E-state index in [9.17, 15) is 39.6 Å². The van der Waals surface area contributed by atoms with E-state index in [0.717, 1.165) is 6.07 Å². The van der Waals surface area contributed by atoms with Crippen LogP contribution in [0.1, 0.15) is 58.8 Å². The average Bonchev–Trinajstić information content (AvgIpc) is 3.51. The molecule has 63 heavy (non-hydrogen) atoms. The van der Waals surface area contributed by atoms with Gasteiger partial charge in [-0.25, -0.2) is 4.98 Å². The number of aliphatic hydroxyl groups is 2. The number of ether oxygens (including phenoxy) is 4. The van der Waals surface area contributed by atoms with Crippen LogP contribution in [-0.2, 0) is 23.8 Å². The number of piperazine rings is 1. The van der Waals surface area contributed by atoms with Crippen molar-refractivity contribution in [2.24, 2.45) is 23.7 Å². The molecule has 17 heteroatoms. The molecule has 0 unspecified atom stereocenters. The molecule has 0 spiro atoms. The number of ketones is 1. The second-order valence-corrected chi connectivity index (χ2v) is 16.9. The molecule has 2 aromatic carbocycles. The Morgan fingerprint density at radius 2 is 1.67 bits per heavy atom. The third-order valence-electron chi connectivity index (χ3n) is 12.5. The lowest BCUT2D eigenvalue weighted by Gasteiger charge is -2.38. The number of nitrogens with zero attached hydrogens (tertiary/aromatic N) is 2. The Bertz CT molecular complexity index is 2580. The highest BCUT2D eigenvalue weighted by atomic mass is 16.7. The predicted octanol–water partition coefficient (Wildman–Crippen LogP) is 4.76. The van der Waals surface area contributed by atoms with Crippen LogP contribution in [0.5, 0.6) is 17.2 Å². The summed E-state index contributed by atoms with van der Waals surface area (Å²) in [6.07, 6.45) is 3.45. The van der Waals surface area contributed by atoms with Crippen LogP contribution in [0.25, 0.3) is 33.3 Å². The van der Waals surface area contributed by atoms with E-state index in [2.05, 4.69) is 10.6 Å². The molecule has 2 aromatic rings. The van der Waals surface area contributed by atoms with Gasteiger partial charge in [0.05, 0.1) is 35.5 Å². The number of rotatable bonds is 3. The summed E-state index contributed by atoms with van der Waals surface area (Å²) in [7, 11) is 1.43. The van der Waals surface area contributed by atoms with E-state index in [0.29, 0.717) is 31.9 Å². The summed E-state index contributed by atoms with van der Waals surface area (Å²) < 4.78 is 30.0. The molecule has 4 heterocycles. The summed E-state index contributed by atoms with van der Waals surface area (Å²) in [5, 5.41) is 51.2. The second kappa shape index (κ2) is 17.6. The number of carbonyl (C=O) groups excluding carboxylic acids is 3. The summed E-state index contributed by atoms with van der Waals surface area (Å²) in [4.78, 5) is 62.3. The molecule has 1 saturated heterocycles. The normalized spacial score (nSPS) is 30.4. The van der Waals surface area contributed by atoms with Gasteiger partial charge in [0, 0.05) is 106 Å². The maximum atomic E-state index is 14.6. The van der Waals surface area contributed by atoms with E-state index >= 15 is 0 Å². The number of aliphatic hydroxyl groups excluding tert-OH is 2. The lowest BCUT2D eigenvalue weighted by Crippen LogP contribution is -2.46. The van der Waals surface area contributed by atoms with Gasteiger partial charge in [-0.15, -0.1) is 0 Å². The zero-order valence-electron chi connectivity index (χ0n) is 36.4. The highest BCUT2D eigenvalue weighted by Gasteiger charge is 2.49. The van der Waals surface area contributed by atoms with Gasteiger partial charge in [-0.2, -0.15) is 0 Å². The Morgan fingerprint density at radius 3 is 2.35 bits per heavy atom. The quantitative estimate of drug-likeness (QED) is 0.0925. The summed E-state index contributed by atoms with van der Waals surface area (Å²) in [5.74, 6) is -7.92. The predicted molar refractivity (Wildman–Crippen MR) is 233 cm³/mol. The first-order valence-corrected chi connectivity index (χ1v) is 21.0. The molecule has 1 fully saturated rings. The van der Waals surface area contributed by atoms with Gasteiger partial charge in [-0.1, -0.05) is 45.9 Å². The lowest BCUT2D eigenvalue weighted by atomic mass is 9.78. The molecule has 9 atom stereocenters. The van der Waals surface area contributed by atoms with Crippen LogP contribution < -0.4 is 25.7 Å². The van der Waals surface area contributed by atoms with Crippen molar-refractivity contribution in [3.8, 4) is 28.7 Å². The van der Waals surface area contributed by atoms with Crippen LogP contribution >= 0.6 is 0 Å². The van der Waals surface area contributed by atoms with Crippen LogP contribution in [0.4, 0.5) is 11.4 Å². The molecule has 6 N–H and O–H groups in total. The topological polar surface area (TPSA) is 239 Å². The molecule has 1 aliphatic carbocycles. The van der Waals surface area contributed by atoms with Crippen molar-refractivity contribution in [2.75, 3.05) is 43.5 Å². The minimum Gasteiger partial charge on any atom is -0.507 e. The van der Waals surface area contributed by atoms with Gasteiger partial charge in [-0.05, 0) is 13.0 Å². The molecule has 4 bridgehead atoms. The number of aromatic hydroxyl groups is 2. The van der Waals surface area contributed by atoms with Crippen LogP contribution in [0, 0.1) is 23.7 Å². The van der Waals surface area contributed by atoms with Gasteiger partial charge in [0.25, 0.3) is 11.7 Å². The fraction of sp³-hybridized carbons (Fsp3) is 0.457. The molecule has 5 aliphatic rings. The molecule has 4 aliphatic heterocycles. The molecule has 0 aromatic heterocycles. The number of anilines is 2. The highest BCUT2D eigenvalue weighted by Crippen LogP contribution is 2.49. The Morgan fingerprint density at radius 1 is 0.952 bits per heavy atom. The number of phenols is 2. The van der Waals surface area contributed by atoms with Crippen molar-refractivity contribution in [1.29, 1.82) is 0 Å². The molecular formula is C46H54N4O13. The van der Waals surface area contributed by atoms with Crippen molar-refractivity contribution in [1.82, 2.24) is 10.3 Å². The Balaban J connectivity index is 1.43. The number of benzene rings is 3. The number of esters is 1. The van der Waals surface area contributed by atoms with E-state index < -0.39 is 82.7 Å². The van der Waals surface area contributed by atoms with Gasteiger partial charge >= 0.3 is 11.8 Å².